The fraction of sp³-hybridized carbons (Fsp3) is 0.0769. The molecule has 0 saturated carbocycles. The first-order chi connectivity index (χ1) is 9.95. The van der Waals surface area contributed by atoms with Gasteiger partial charge < -0.3 is 15.2 Å². The van der Waals surface area contributed by atoms with Crippen LogP contribution in [-0.2, 0) is 4.79 Å². The van der Waals surface area contributed by atoms with Gasteiger partial charge in [0.2, 0.25) is 0 Å². The first kappa shape index (κ1) is 15.6. The van der Waals surface area contributed by atoms with E-state index in [1.807, 2.05) is 0 Å². The third-order valence-corrected chi connectivity index (χ3v) is 4.00. The van der Waals surface area contributed by atoms with Gasteiger partial charge in [0.15, 0.2) is 6.61 Å². The van der Waals surface area contributed by atoms with E-state index in [2.05, 4.69) is 5.32 Å². The summed E-state index contributed by atoms with van der Waals surface area (Å²) in [6.07, 6.45) is 0. The van der Waals surface area contributed by atoms with Crippen molar-refractivity contribution < 1.29 is 19.4 Å². The van der Waals surface area contributed by atoms with Crippen LogP contribution < -0.4 is 10.1 Å². The molecule has 110 valence electrons. The van der Waals surface area contributed by atoms with Crippen LogP contribution in [0.1, 0.15) is 9.67 Å². The highest BCUT2D eigenvalue weighted by Gasteiger charge is 2.10. The molecule has 1 heterocycles. The Kier molecular flexibility index (Phi) is 5.06. The summed E-state index contributed by atoms with van der Waals surface area (Å²) in [5, 5.41) is 13.6. The molecule has 0 spiro atoms. The number of benzene rings is 1. The molecule has 0 saturated heterocycles. The predicted octanol–water partition coefficient (Wildman–Crippen LogP) is 3.77. The van der Waals surface area contributed by atoms with E-state index in [0.717, 1.165) is 11.3 Å². The summed E-state index contributed by atoms with van der Waals surface area (Å²) >= 11 is 12.6. The Bertz CT molecular complexity index is 687. The maximum atomic E-state index is 11.7. The maximum absolute atomic E-state index is 11.7. The molecule has 0 aliphatic rings. The number of halogens is 2. The lowest BCUT2D eigenvalue weighted by atomic mass is 10.3. The van der Waals surface area contributed by atoms with Crippen LogP contribution >= 0.6 is 34.5 Å². The third-order valence-electron chi connectivity index (χ3n) is 2.36. The second-order valence-electron chi connectivity index (χ2n) is 3.92. The molecule has 1 aromatic carbocycles. The number of thiophene rings is 1. The minimum atomic E-state index is -1.03. The Hall–Kier alpha value is -1.76. The Morgan fingerprint density at radius 2 is 2.00 bits per heavy atom. The number of anilines is 1. The second kappa shape index (κ2) is 6.80. The number of rotatable bonds is 5. The van der Waals surface area contributed by atoms with Gasteiger partial charge in [0, 0.05) is 17.1 Å². The van der Waals surface area contributed by atoms with E-state index < -0.39 is 11.9 Å². The summed E-state index contributed by atoms with van der Waals surface area (Å²) in [7, 11) is 0. The van der Waals surface area contributed by atoms with Crippen molar-refractivity contribution in [3.05, 3.63) is 44.6 Å². The van der Waals surface area contributed by atoms with E-state index in [9.17, 15) is 9.59 Å². The van der Waals surface area contributed by atoms with Crippen molar-refractivity contribution >= 4 is 52.1 Å². The zero-order valence-corrected chi connectivity index (χ0v) is 12.8. The number of amides is 1. The van der Waals surface area contributed by atoms with Crippen LogP contribution in [0.25, 0.3) is 0 Å². The molecule has 2 aromatic rings. The number of carboxylic acid groups (broad SMARTS) is 1. The number of aromatic carboxylic acids is 1. The monoisotopic (exact) mass is 345 g/mol. The van der Waals surface area contributed by atoms with Crippen LogP contribution in [0.2, 0.25) is 10.0 Å². The van der Waals surface area contributed by atoms with Gasteiger partial charge in [0.1, 0.15) is 10.6 Å². The molecule has 5 nitrogen and oxygen atoms in total. The van der Waals surface area contributed by atoms with Crippen molar-refractivity contribution in [2.75, 3.05) is 11.9 Å². The van der Waals surface area contributed by atoms with Crippen molar-refractivity contribution in [1.82, 2.24) is 0 Å². The number of nitrogens with one attached hydrogen (secondary N) is 1. The van der Waals surface area contributed by atoms with Gasteiger partial charge in [0.25, 0.3) is 5.91 Å². The molecule has 0 atom stereocenters. The second-order valence-corrected chi connectivity index (χ2v) is 5.64. The largest absolute Gasteiger partial charge is 0.483 e. The molecule has 0 aliphatic carbocycles. The van der Waals surface area contributed by atoms with Gasteiger partial charge in [-0.25, -0.2) is 4.79 Å². The molecule has 2 rings (SSSR count). The molecule has 1 aromatic heterocycles. The van der Waals surface area contributed by atoms with Crippen LogP contribution in [0.15, 0.2) is 29.6 Å². The van der Waals surface area contributed by atoms with Crippen molar-refractivity contribution in [3.8, 4) is 5.75 Å². The minimum Gasteiger partial charge on any atom is -0.483 e. The highest BCUT2D eigenvalue weighted by Crippen LogP contribution is 2.25. The van der Waals surface area contributed by atoms with Crippen LogP contribution in [0.5, 0.6) is 5.75 Å². The lowest BCUT2D eigenvalue weighted by Gasteiger charge is -2.07. The van der Waals surface area contributed by atoms with Crippen LogP contribution in [0, 0.1) is 0 Å². The van der Waals surface area contributed by atoms with Gasteiger partial charge in [0.05, 0.1) is 10.0 Å². The number of carbonyl (C=O) groups is 2. The molecule has 0 bridgehead atoms. The Morgan fingerprint density at radius 1 is 1.24 bits per heavy atom. The summed E-state index contributed by atoms with van der Waals surface area (Å²) in [5.74, 6) is -1.09. The molecule has 0 radical (unpaired) electrons. The summed E-state index contributed by atoms with van der Waals surface area (Å²) in [4.78, 5) is 22.6. The Balaban J connectivity index is 1.89. The van der Waals surface area contributed by atoms with E-state index >= 15 is 0 Å². The number of ether oxygens (including phenoxy) is 1. The predicted molar refractivity (Wildman–Crippen MR) is 81.9 cm³/mol. The molecule has 0 aliphatic heterocycles. The average molecular weight is 346 g/mol. The number of carboxylic acids is 1. The first-order valence-electron chi connectivity index (χ1n) is 5.65. The lowest BCUT2D eigenvalue weighted by Crippen LogP contribution is -2.19. The summed E-state index contributed by atoms with van der Waals surface area (Å²) in [5.41, 5.74) is 0.495. The van der Waals surface area contributed by atoms with Crippen LogP contribution in [0.4, 0.5) is 5.69 Å². The van der Waals surface area contributed by atoms with Gasteiger partial charge in [-0.2, -0.15) is 0 Å². The van der Waals surface area contributed by atoms with E-state index in [4.69, 9.17) is 33.0 Å². The summed E-state index contributed by atoms with van der Waals surface area (Å²) < 4.78 is 5.20. The molecule has 8 heteroatoms. The molecular formula is C13H9Cl2NO4S. The van der Waals surface area contributed by atoms with E-state index in [1.165, 1.54) is 17.5 Å². The average Bonchev–Trinajstić information content (AvgIpc) is 2.90. The Morgan fingerprint density at radius 3 is 2.62 bits per heavy atom. The van der Waals surface area contributed by atoms with Crippen LogP contribution in [-0.4, -0.2) is 23.6 Å². The summed E-state index contributed by atoms with van der Waals surface area (Å²) in [6.45, 7) is -0.240. The van der Waals surface area contributed by atoms with Gasteiger partial charge in [-0.05, 0) is 18.2 Å². The zero-order chi connectivity index (χ0) is 15.4. The SMILES string of the molecule is O=C(COc1csc(C(=O)O)c1)Nc1ccc(Cl)c(Cl)c1. The fourth-order valence-electron chi connectivity index (χ4n) is 1.43. The molecule has 1 amide bonds. The topological polar surface area (TPSA) is 75.6 Å². The van der Waals surface area contributed by atoms with Crippen molar-refractivity contribution in [2.24, 2.45) is 0 Å². The quantitative estimate of drug-likeness (QED) is 0.864. The molecular weight excluding hydrogens is 337 g/mol. The minimum absolute atomic E-state index is 0.148. The zero-order valence-electron chi connectivity index (χ0n) is 10.4. The van der Waals surface area contributed by atoms with E-state index in [-0.39, 0.29) is 11.5 Å². The Labute approximate surface area is 134 Å². The summed E-state index contributed by atoms with van der Waals surface area (Å²) in [6, 6.07) is 6.06. The fourth-order valence-corrected chi connectivity index (χ4v) is 2.39. The highest BCUT2D eigenvalue weighted by atomic mass is 35.5. The normalized spacial score (nSPS) is 10.2. The molecule has 0 fully saturated rings. The number of hydrogen-bond acceptors (Lipinski definition) is 4. The van der Waals surface area contributed by atoms with Crippen molar-refractivity contribution in [1.29, 1.82) is 0 Å². The maximum Gasteiger partial charge on any atom is 0.346 e. The number of carbonyl (C=O) groups excluding carboxylic acids is 1. The van der Waals surface area contributed by atoms with Crippen molar-refractivity contribution in [2.45, 2.75) is 0 Å². The van der Waals surface area contributed by atoms with E-state index in [1.54, 1.807) is 12.1 Å². The van der Waals surface area contributed by atoms with Gasteiger partial charge >= 0.3 is 5.97 Å². The standard InChI is InChI=1S/C13H9Cl2NO4S/c14-9-2-1-7(3-10(9)15)16-12(17)5-20-8-4-11(13(18)19)21-6-8/h1-4,6H,5H2,(H,16,17)(H,18,19). The van der Waals surface area contributed by atoms with E-state index in [0.29, 0.717) is 21.5 Å². The van der Waals surface area contributed by atoms with Gasteiger partial charge in [-0.1, -0.05) is 23.2 Å². The highest BCUT2D eigenvalue weighted by molar-refractivity contribution is 7.12. The number of hydrogen-bond donors (Lipinski definition) is 2. The molecule has 2 N–H and O–H groups in total. The third kappa shape index (κ3) is 4.35. The van der Waals surface area contributed by atoms with Crippen LogP contribution in [0.3, 0.4) is 0 Å². The van der Waals surface area contributed by atoms with Gasteiger partial charge in [-0.3, -0.25) is 4.79 Å². The smallest absolute Gasteiger partial charge is 0.346 e. The lowest BCUT2D eigenvalue weighted by molar-refractivity contribution is -0.118. The van der Waals surface area contributed by atoms with Crippen molar-refractivity contribution in [3.63, 3.8) is 0 Å². The molecule has 21 heavy (non-hydrogen) atoms. The molecule has 0 unspecified atom stereocenters. The first-order valence-corrected chi connectivity index (χ1v) is 7.29. The van der Waals surface area contributed by atoms with Gasteiger partial charge in [-0.15, -0.1) is 11.3 Å².